The first kappa shape index (κ1) is 23.8. The maximum absolute atomic E-state index is 13.1. The molecule has 1 aromatic rings. The van der Waals surface area contributed by atoms with Crippen LogP contribution in [0.25, 0.3) is 0 Å². The second kappa shape index (κ2) is 13.5. The van der Waals surface area contributed by atoms with Gasteiger partial charge in [0.15, 0.2) is 0 Å². The summed E-state index contributed by atoms with van der Waals surface area (Å²) < 4.78 is 13.1. The average molecular weight is 422 g/mol. The highest BCUT2D eigenvalue weighted by molar-refractivity contribution is 5.20. The molecule has 0 bridgehead atoms. The zero-order valence-electron chi connectivity index (χ0n) is 19.2. The molecule has 0 saturated heterocycles. The van der Waals surface area contributed by atoms with Crippen molar-refractivity contribution in [1.82, 2.24) is 0 Å². The minimum Gasteiger partial charge on any atom is -0.207 e. The number of nitrogens with zero attached hydrogens (tertiary/aromatic N) is 1. The fraction of sp³-hybridized carbons (Fsp3) is 0.621. The quantitative estimate of drug-likeness (QED) is 0.210. The van der Waals surface area contributed by atoms with E-state index in [1.165, 1.54) is 95.1 Å². The van der Waals surface area contributed by atoms with Crippen LogP contribution in [0.1, 0.15) is 101 Å². The number of rotatable bonds is 10. The van der Waals surface area contributed by atoms with E-state index < -0.39 is 0 Å². The molecule has 0 aromatic heterocycles. The van der Waals surface area contributed by atoms with Gasteiger partial charge in [-0.15, -0.1) is 0 Å². The van der Waals surface area contributed by atoms with Crippen molar-refractivity contribution in [1.29, 1.82) is 5.26 Å². The normalized spacial score (nSPS) is 27.0. The molecule has 0 atom stereocenters. The molecule has 2 heteroatoms. The first-order valence-electron chi connectivity index (χ1n) is 12.7. The van der Waals surface area contributed by atoms with E-state index in [0.717, 1.165) is 24.2 Å². The lowest BCUT2D eigenvalue weighted by atomic mass is 9.76. The number of benzene rings is 1. The van der Waals surface area contributed by atoms with Gasteiger partial charge in [0.2, 0.25) is 0 Å². The minimum absolute atomic E-state index is 0.121. The van der Waals surface area contributed by atoms with Gasteiger partial charge in [-0.2, -0.15) is 5.26 Å². The molecule has 2 saturated carbocycles. The van der Waals surface area contributed by atoms with Gasteiger partial charge in [0.25, 0.3) is 0 Å². The highest BCUT2D eigenvalue weighted by Gasteiger charge is 2.23. The van der Waals surface area contributed by atoms with Crippen LogP contribution in [0.3, 0.4) is 0 Å². The van der Waals surface area contributed by atoms with E-state index in [1.54, 1.807) is 12.1 Å². The molecule has 0 aliphatic heterocycles. The van der Waals surface area contributed by atoms with Gasteiger partial charge in [0, 0.05) is 6.08 Å². The summed E-state index contributed by atoms with van der Waals surface area (Å²) in [6.07, 6.45) is 26.7. The second-order valence-electron chi connectivity index (χ2n) is 9.93. The van der Waals surface area contributed by atoms with E-state index in [-0.39, 0.29) is 5.82 Å². The standard InChI is InChI=1S/C29H40FN/c30-29-21-19-28(20-22-29)27-17-15-26(16-18-27)10-6-5-9-25-13-11-24(12-14-25)8-4-2-1-3-7-23-31/h1-3,7,19-22,24-27H,4-6,8-18H2/b2-1+,7-3+. The van der Waals surface area contributed by atoms with Crippen LogP contribution in [-0.4, -0.2) is 0 Å². The molecule has 3 rings (SSSR count). The summed E-state index contributed by atoms with van der Waals surface area (Å²) in [5.74, 6) is 3.33. The van der Waals surface area contributed by atoms with Crippen LogP contribution in [0, 0.1) is 34.9 Å². The van der Waals surface area contributed by atoms with Crippen molar-refractivity contribution in [2.24, 2.45) is 17.8 Å². The number of nitriles is 1. The average Bonchev–Trinajstić information content (AvgIpc) is 2.81. The first-order valence-corrected chi connectivity index (χ1v) is 12.7. The molecule has 0 N–H and O–H groups in total. The summed E-state index contributed by atoms with van der Waals surface area (Å²) in [6.45, 7) is 0. The van der Waals surface area contributed by atoms with Crippen LogP contribution >= 0.6 is 0 Å². The van der Waals surface area contributed by atoms with Gasteiger partial charge in [-0.05, 0) is 79.9 Å². The Morgan fingerprint density at radius 1 is 0.774 bits per heavy atom. The number of hydrogen-bond acceptors (Lipinski definition) is 1. The summed E-state index contributed by atoms with van der Waals surface area (Å²) in [4.78, 5) is 0. The predicted molar refractivity (Wildman–Crippen MR) is 128 cm³/mol. The third kappa shape index (κ3) is 8.64. The Bertz CT molecular complexity index is 710. The zero-order chi connectivity index (χ0) is 21.7. The number of allylic oxidation sites excluding steroid dienone is 4. The van der Waals surface area contributed by atoms with Gasteiger partial charge in [0.1, 0.15) is 5.82 Å². The minimum atomic E-state index is -0.121. The molecule has 0 spiro atoms. The van der Waals surface area contributed by atoms with Gasteiger partial charge in [-0.25, -0.2) is 4.39 Å². The topological polar surface area (TPSA) is 23.8 Å². The summed E-state index contributed by atoms with van der Waals surface area (Å²) in [7, 11) is 0. The summed E-state index contributed by atoms with van der Waals surface area (Å²) in [6, 6.07) is 9.22. The Hall–Kier alpha value is -1.88. The Morgan fingerprint density at radius 3 is 1.90 bits per heavy atom. The SMILES string of the molecule is N#C/C=C/C=C/CCC1CCC(CCCCC2CCC(c3ccc(F)cc3)CC2)CC1. The number of halogens is 1. The van der Waals surface area contributed by atoms with Crippen LogP contribution in [0.2, 0.25) is 0 Å². The van der Waals surface area contributed by atoms with Crippen molar-refractivity contribution in [3.8, 4) is 6.07 Å². The number of hydrogen-bond donors (Lipinski definition) is 0. The molecule has 1 aromatic carbocycles. The number of unbranched alkanes of at least 4 members (excludes halogenated alkanes) is 1. The van der Waals surface area contributed by atoms with Crippen molar-refractivity contribution in [3.05, 3.63) is 60.0 Å². The maximum atomic E-state index is 13.1. The molecular weight excluding hydrogens is 381 g/mol. The molecule has 2 aliphatic rings. The summed E-state index contributed by atoms with van der Waals surface area (Å²) in [5.41, 5.74) is 1.34. The predicted octanol–water partition coefficient (Wildman–Crippen LogP) is 8.88. The zero-order valence-corrected chi connectivity index (χ0v) is 19.2. The molecule has 2 aliphatic carbocycles. The molecule has 0 amide bonds. The summed E-state index contributed by atoms with van der Waals surface area (Å²) >= 11 is 0. The smallest absolute Gasteiger partial charge is 0.123 e. The van der Waals surface area contributed by atoms with Gasteiger partial charge in [-0.1, -0.05) is 81.7 Å². The van der Waals surface area contributed by atoms with Crippen molar-refractivity contribution in [2.45, 2.75) is 95.8 Å². The Labute approximate surface area is 189 Å². The van der Waals surface area contributed by atoms with Gasteiger partial charge in [0.05, 0.1) is 6.07 Å². The van der Waals surface area contributed by atoms with Crippen molar-refractivity contribution in [3.63, 3.8) is 0 Å². The van der Waals surface area contributed by atoms with Crippen molar-refractivity contribution in [2.75, 3.05) is 0 Å². The van der Waals surface area contributed by atoms with E-state index in [1.807, 2.05) is 30.4 Å². The largest absolute Gasteiger partial charge is 0.207 e. The lowest BCUT2D eigenvalue weighted by Gasteiger charge is -2.30. The lowest BCUT2D eigenvalue weighted by Crippen LogP contribution is -2.15. The first-order chi connectivity index (χ1) is 15.2. The maximum Gasteiger partial charge on any atom is 0.123 e. The van der Waals surface area contributed by atoms with E-state index >= 15 is 0 Å². The van der Waals surface area contributed by atoms with E-state index in [2.05, 4.69) is 6.08 Å². The van der Waals surface area contributed by atoms with Crippen molar-refractivity contribution >= 4 is 0 Å². The lowest BCUT2D eigenvalue weighted by molar-refractivity contribution is 0.244. The molecule has 0 unspecified atom stereocenters. The molecule has 31 heavy (non-hydrogen) atoms. The Balaban J connectivity index is 1.21. The van der Waals surface area contributed by atoms with Crippen LogP contribution in [0.15, 0.2) is 48.6 Å². The monoisotopic (exact) mass is 421 g/mol. The molecule has 0 radical (unpaired) electrons. The molecule has 1 nitrogen and oxygen atoms in total. The molecule has 2 fully saturated rings. The van der Waals surface area contributed by atoms with Crippen LogP contribution in [0.4, 0.5) is 4.39 Å². The fourth-order valence-electron chi connectivity index (χ4n) is 5.80. The fourth-order valence-corrected chi connectivity index (χ4v) is 5.80. The van der Waals surface area contributed by atoms with E-state index in [9.17, 15) is 4.39 Å². The van der Waals surface area contributed by atoms with Crippen LogP contribution in [0.5, 0.6) is 0 Å². The van der Waals surface area contributed by atoms with Gasteiger partial charge < -0.3 is 0 Å². The molecule has 0 heterocycles. The van der Waals surface area contributed by atoms with Crippen molar-refractivity contribution < 1.29 is 4.39 Å². The van der Waals surface area contributed by atoms with E-state index in [4.69, 9.17) is 5.26 Å². The molecule has 168 valence electrons. The third-order valence-corrected chi connectivity index (χ3v) is 7.79. The van der Waals surface area contributed by atoms with E-state index in [0.29, 0.717) is 5.92 Å². The Morgan fingerprint density at radius 2 is 1.32 bits per heavy atom. The highest BCUT2D eigenvalue weighted by Crippen LogP contribution is 2.38. The second-order valence-corrected chi connectivity index (χ2v) is 9.93. The highest BCUT2D eigenvalue weighted by atomic mass is 19.1. The third-order valence-electron chi connectivity index (χ3n) is 7.79. The molecular formula is C29H40FN. The van der Waals surface area contributed by atoms with Gasteiger partial charge >= 0.3 is 0 Å². The Kier molecular flexibility index (Phi) is 10.4. The van der Waals surface area contributed by atoms with Crippen LogP contribution < -0.4 is 0 Å². The van der Waals surface area contributed by atoms with Gasteiger partial charge in [-0.3, -0.25) is 0 Å². The van der Waals surface area contributed by atoms with Crippen LogP contribution in [-0.2, 0) is 0 Å². The summed E-state index contributed by atoms with van der Waals surface area (Å²) in [5, 5.41) is 8.47.